The van der Waals surface area contributed by atoms with Crippen LogP contribution in [0, 0.1) is 6.92 Å². The van der Waals surface area contributed by atoms with Crippen LogP contribution in [0.5, 0.6) is 5.75 Å². The fraction of sp³-hybridized carbons (Fsp3) is 0.174. The summed E-state index contributed by atoms with van der Waals surface area (Å²) in [5, 5.41) is 2.82. The first-order valence-electron chi connectivity index (χ1n) is 9.60. The number of carbonyl (C=O) groups excluding carboxylic acids is 1. The van der Waals surface area contributed by atoms with Crippen LogP contribution >= 0.6 is 0 Å². The van der Waals surface area contributed by atoms with Crippen molar-refractivity contribution in [2.75, 3.05) is 16.2 Å². The number of nitrogens with zero attached hydrogens (tertiary/aromatic N) is 1. The second-order valence-electron chi connectivity index (χ2n) is 7.21. The Kier molecular flexibility index (Phi) is 5.46. The number of fused-ring (bicyclic) bond motifs is 1. The number of nitrogens with one attached hydrogen (secondary N) is 1. The third kappa shape index (κ3) is 4.31. The number of para-hydroxylation sites is 2. The molecule has 7 heteroatoms. The summed E-state index contributed by atoms with van der Waals surface area (Å²) in [6.45, 7) is 1.84. The first-order valence-corrected chi connectivity index (χ1v) is 11.2. The quantitative estimate of drug-likeness (QED) is 0.680. The van der Waals surface area contributed by atoms with Gasteiger partial charge in [0.25, 0.3) is 5.91 Å². The van der Waals surface area contributed by atoms with Gasteiger partial charge in [0.05, 0.1) is 18.0 Å². The molecule has 1 amide bonds. The lowest BCUT2D eigenvalue weighted by atomic mass is 10.2. The summed E-state index contributed by atoms with van der Waals surface area (Å²) in [5.41, 5.74) is 2.77. The van der Waals surface area contributed by atoms with Gasteiger partial charge in [0.15, 0.2) is 6.10 Å². The van der Waals surface area contributed by atoms with Crippen molar-refractivity contribution in [2.45, 2.75) is 18.8 Å². The summed E-state index contributed by atoms with van der Waals surface area (Å²) in [7, 11) is -3.72. The minimum absolute atomic E-state index is 0.0934. The summed E-state index contributed by atoms with van der Waals surface area (Å²) < 4.78 is 33.6. The van der Waals surface area contributed by atoms with Crippen LogP contribution < -0.4 is 14.4 Å². The maximum Gasteiger partial charge on any atom is 0.267 e. The molecule has 6 nitrogen and oxygen atoms in total. The van der Waals surface area contributed by atoms with E-state index < -0.39 is 22.0 Å². The number of hydrogen-bond acceptors (Lipinski definition) is 4. The van der Waals surface area contributed by atoms with Crippen LogP contribution in [0.25, 0.3) is 0 Å². The Morgan fingerprint density at radius 2 is 1.77 bits per heavy atom. The van der Waals surface area contributed by atoms with E-state index in [0.717, 1.165) is 5.56 Å². The highest BCUT2D eigenvalue weighted by Gasteiger charge is 2.36. The number of rotatable bonds is 5. The maximum atomic E-state index is 13.2. The molecule has 1 aliphatic rings. The second kappa shape index (κ2) is 8.20. The molecular weight excluding hydrogens is 400 g/mol. The molecule has 0 bridgehead atoms. The van der Waals surface area contributed by atoms with Crippen LogP contribution in [0.15, 0.2) is 78.9 Å². The fourth-order valence-corrected chi connectivity index (χ4v) is 4.99. The number of sulfonamides is 1. The monoisotopic (exact) mass is 422 g/mol. The molecule has 0 aromatic heterocycles. The van der Waals surface area contributed by atoms with E-state index in [-0.39, 0.29) is 12.3 Å². The molecule has 4 rings (SSSR count). The molecule has 1 N–H and O–H groups in total. The highest BCUT2D eigenvalue weighted by molar-refractivity contribution is 7.92. The van der Waals surface area contributed by atoms with Gasteiger partial charge in [0, 0.05) is 5.69 Å². The van der Waals surface area contributed by atoms with Crippen LogP contribution in [0.2, 0.25) is 0 Å². The third-order valence-corrected chi connectivity index (χ3v) is 6.56. The summed E-state index contributed by atoms with van der Waals surface area (Å²) in [4.78, 5) is 12.9. The predicted octanol–water partition coefficient (Wildman–Crippen LogP) is 3.73. The molecular formula is C23H22N2O4S. The van der Waals surface area contributed by atoms with Gasteiger partial charge < -0.3 is 10.1 Å². The molecule has 0 fully saturated rings. The molecule has 0 saturated carbocycles. The second-order valence-corrected chi connectivity index (χ2v) is 9.10. The highest BCUT2D eigenvalue weighted by Crippen LogP contribution is 2.36. The third-order valence-electron chi connectivity index (χ3n) is 4.84. The summed E-state index contributed by atoms with van der Waals surface area (Å²) >= 11 is 0. The van der Waals surface area contributed by atoms with Gasteiger partial charge in [0.1, 0.15) is 5.75 Å². The molecule has 3 aromatic rings. The van der Waals surface area contributed by atoms with Gasteiger partial charge in [-0.15, -0.1) is 0 Å². The van der Waals surface area contributed by atoms with Gasteiger partial charge in [0.2, 0.25) is 10.0 Å². The lowest BCUT2D eigenvalue weighted by Gasteiger charge is -2.34. The van der Waals surface area contributed by atoms with Crippen molar-refractivity contribution in [2.24, 2.45) is 0 Å². The van der Waals surface area contributed by atoms with Gasteiger partial charge in [-0.05, 0) is 42.3 Å². The Labute approximate surface area is 176 Å². The van der Waals surface area contributed by atoms with Crippen molar-refractivity contribution in [1.29, 1.82) is 0 Å². The average molecular weight is 423 g/mol. The van der Waals surface area contributed by atoms with E-state index in [4.69, 9.17) is 4.74 Å². The fourth-order valence-electron chi connectivity index (χ4n) is 3.41. The molecule has 0 radical (unpaired) electrons. The zero-order chi connectivity index (χ0) is 21.1. The van der Waals surface area contributed by atoms with E-state index in [1.54, 1.807) is 54.6 Å². The van der Waals surface area contributed by atoms with Crippen LogP contribution in [-0.4, -0.2) is 27.0 Å². The van der Waals surface area contributed by atoms with Crippen molar-refractivity contribution < 1.29 is 17.9 Å². The van der Waals surface area contributed by atoms with Crippen molar-refractivity contribution >= 4 is 27.3 Å². The largest absolute Gasteiger partial charge is 0.476 e. The topological polar surface area (TPSA) is 75.7 Å². The number of hydrogen-bond donors (Lipinski definition) is 1. The molecule has 3 aromatic carbocycles. The van der Waals surface area contributed by atoms with Crippen LogP contribution in [0.1, 0.15) is 11.1 Å². The molecule has 1 unspecified atom stereocenters. The number of amides is 1. The van der Waals surface area contributed by atoms with Crippen LogP contribution in [-0.2, 0) is 20.6 Å². The standard InChI is InChI=1S/C23H22N2O4S/c1-17-8-7-11-19(14-17)24-23(26)22-15-25(20-12-5-6-13-21(20)29-22)30(27,28)16-18-9-3-2-4-10-18/h2-14,22H,15-16H2,1H3,(H,24,26). The zero-order valence-electron chi connectivity index (χ0n) is 16.5. The predicted molar refractivity (Wildman–Crippen MR) is 117 cm³/mol. The normalized spacial score (nSPS) is 15.8. The first-order chi connectivity index (χ1) is 14.4. The Hall–Kier alpha value is -3.32. The molecule has 0 spiro atoms. The number of carbonyl (C=O) groups is 1. The summed E-state index contributed by atoms with van der Waals surface area (Å²) in [5.74, 6) is -0.186. The van der Waals surface area contributed by atoms with Gasteiger partial charge in [-0.1, -0.05) is 54.6 Å². The summed E-state index contributed by atoms with van der Waals surface area (Å²) in [6, 6.07) is 23.3. The number of benzene rings is 3. The molecule has 1 atom stereocenters. The van der Waals surface area contributed by atoms with Gasteiger partial charge in [-0.25, -0.2) is 8.42 Å². The van der Waals surface area contributed by atoms with E-state index in [0.29, 0.717) is 22.7 Å². The zero-order valence-corrected chi connectivity index (χ0v) is 17.3. The Morgan fingerprint density at radius 3 is 2.53 bits per heavy atom. The molecule has 30 heavy (non-hydrogen) atoms. The van der Waals surface area contributed by atoms with Crippen molar-refractivity contribution in [3.05, 3.63) is 90.0 Å². The van der Waals surface area contributed by atoms with Crippen molar-refractivity contribution in [1.82, 2.24) is 0 Å². The lowest BCUT2D eigenvalue weighted by molar-refractivity contribution is -0.122. The van der Waals surface area contributed by atoms with E-state index in [1.165, 1.54) is 4.31 Å². The van der Waals surface area contributed by atoms with Crippen LogP contribution in [0.4, 0.5) is 11.4 Å². The molecule has 0 saturated heterocycles. The SMILES string of the molecule is Cc1cccc(NC(=O)C2CN(S(=O)(=O)Cc3ccccc3)c3ccccc3O2)c1. The van der Waals surface area contributed by atoms with Crippen molar-refractivity contribution in [3.8, 4) is 5.75 Å². The average Bonchev–Trinajstić information content (AvgIpc) is 2.73. The Balaban J connectivity index is 1.61. The minimum Gasteiger partial charge on any atom is -0.476 e. The number of aryl methyl sites for hydroxylation is 1. The maximum absolute atomic E-state index is 13.2. The Morgan fingerprint density at radius 1 is 1.03 bits per heavy atom. The highest BCUT2D eigenvalue weighted by atomic mass is 32.2. The molecule has 154 valence electrons. The number of ether oxygens (including phenoxy) is 1. The van der Waals surface area contributed by atoms with E-state index in [2.05, 4.69) is 5.32 Å². The molecule has 1 heterocycles. The van der Waals surface area contributed by atoms with E-state index in [9.17, 15) is 13.2 Å². The lowest BCUT2D eigenvalue weighted by Crippen LogP contribution is -2.49. The van der Waals surface area contributed by atoms with E-state index in [1.807, 2.05) is 31.2 Å². The van der Waals surface area contributed by atoms with Gasteiger partial charge in [-0.2, -0.15) is 0 Å². The van der Waals surface area contributed by atoms with E-state index >= 15 is 0 Å². The summed E-state index contributed by atoms with van der Waals surface area (Å²) in [6.07, 6.45) is -0.967. The minimum atomic E-state index is -3.72. The number of anilines is 2. The smallest absolute Gasteiger partial charge is 0.267 e. The first kappa shape index (κ1) is 20.0. The Bertz CT molecular complexity index is 1160. The van der Waals surface area contributed by atoms with Crippen LogP contribution in [0.3, 0.4) is 0 Å². The molecule has 0 aliphatic carbocycles. The van der Waals surface area contributed by atoms with Gasteiger partial charge in [-0.3, -0.25) is 9.10 Å². The molecule has 1 aliphatic heterocycles. The van der Waals surface area contributed by atoms with Gasteiger partial charge >= 0.3 is 0 Å². The van der Waals surface area contributed by atoms with Crippen molar-refractivity contribution in [3.63, 3.8) is 0 Å².